The lowest BCUT2D eigenvalue weighted by molar-refractivity contribution is -0.123. The molecule has 106 valence electrons. The van der Waals surface area contributed by atoms with Crippen molar-refractivity contribution in [3.8, 4) is 0 Å². The van der Waals surface area contributed by atoms with Crippen LogP contribution in [0.3, 0.4) is 0 Å². The molecule has 1 aromatic carbocycles. The molecule has 0 heterocycles. The summed E-state index contributed by atoms with van der Waals surface area (Å²) in [7, 11) is 0. The summed E-state index contributed by atoms with van der Waals surface area (Å²) in [5.41, 5.74) is 1.10. The lowest BCUT2D eigenvalue weighted by Gasteiger charge is -2.08. The van der Waals surface area contributed by atoms with Crippen molar-refractivity contribution in [3.05, 3.63) is 35.4 Å². The molecule has 2 unspecified atom stereocenters. The number of nitrogens with one attached hydrogen (secondary N) is 1. The molecule has 2 aliphatic rings. The molecule has 0 bridgehead atoms. The van der Waals surface area contributed by atoms with Crippen molar-refractivity contribution >= 4 is 11.9 Å². The van der Waals surface area contributed by atoms with Gasteiger partial charge in [0.05, 0.1) is 5.56 Å². The number of carbonyl (C=O) groups is 2. The first-order valence-electron chi connectivity index (χ1n) is 7.27. The highest BCUT2D eigenvalue weighted by atomic mass is 16.4. The average Bonchev–Trinajstić information content (AvgIpc) is 2.92. The third-order valence-electron chi connectivity index (χ3n) is 4.65. The van der Waals surface area contributed by atoms with Gasteiger partial charge in [0.25, 0.3) is 0 Å². The molecule has 0 aliphatic heterocycles. The van der Waals surface area contributed by atoms with Crippen molar-refractivity contribution in [2.75, 3.05) is 6.54 Å². The molecule has 0 aromatic heterocycles. The molecular formula is C16H19NO3. The molecule has 1 amide bonds. The van der Waals surface area contributed by atoms with Crippen molar-refractivity contribution in [1.29, 1.82) is 0 Å². The molecule has 2 fully saturated rings. The van der Waals surface area contributed by atoms with E-state index in [1.165, 1.54) is 19.3 Å². The fourth-order valence-electron chi connectivity index (χ4n) is 3.60. The van der Waals surface area contributed by atoms with Gasteiger partial charge >= 0.3 is 5.97 Å². The predicted molar refractivity (Wildman–Crippen MR) is 74.4 cm³/mol. The first-order valence-corrected chi connectivity index (χ1v) is 7.27. The maximum absolute atomic E-state index is 12.0. The van der Waals surface area contributed by atoms with Crippen LogP contribution in [-0.2, 0) is 11.2 Å². The lowest BCUT2D eigenvalue weighted by atomic mass is 10.0. The second-order valence-corrected chi connectivity index (χ2v) is 5.79. The normalized spacial score (nSPS) is 26.9. The first-order chi connectivity index (χ1) is 9.68. The Morgan fingerprint density at radius 1 is 1.20 bits per heavy atom. The van der Waals surface area contributed by atoms with Gasteiger partial charge in [-0.05, 0) is 42.7 Å². The number of aromatic carboxylic acids is 1. The summed E-state index contributed by atoms with van der Waals surface area (Å²) in [5.74, 6) is 0.734. The Hall–Kier alpha value is -1.84. The molecule has 3 rings (SSSR count). The number of amides is 1. The fourth-order valence-corrected chi connectivity index (χ4v) is 3.60. The summed E-state index contributed by atoms with van der Waals surface area (Å²) in [6, 6.07) is 6.96. The zero-order valence-electron chi connectivity index (χ0n) is 11.3. The summed E-state index contributed by atoms with van der Waals surface area (Å²) >= 11 is 0. The zero-order chi connectivity index (χ0) is 14.1. The van der Waals surface area contributed by atoms with E-state index in [0.717, 1.165) is 5.56 Å². The third-order valence-corrected chi connectivity index (χ3v) is 4.65. The minimum atomic E-state index is -0.913. The lowest BCUT2D eigenvalue weighted by Crippen LogP contribution is -2.28. The minimum Gasteiger partial charge on any atom is -0.478 e. The van der Waals surface area contributed by atoms with Crippen LogP contribution in [0.2, 0.25) is 0 Å². The average molecular weight is 273 g/mol. The van der Waals surface area contributed by atoms with Crippen LogP contribution in [0, 0.1) is 17.8 Å². The second-order valence-electron chi connectivity index (χ2n) is 5.79. The summed E-state index contributed by atoms with van der Waals surface area (Å²) in [6.07, 6.45) is 4.23. The van der Waals surface area contributed by atoms with Gasteiger partial charge in [-0.2, -0.15) is 0 Å². The Balaban J connectivity index is 1.51. The maximum Gasteiger partial charge on any atom is 0.335 e. The Kier molecular flexibility index (Phi) is 3.47. The Labute approximate surface area is 118 Å². The highest BCUT2D eigenvalue weighted by molar-refractivity contribution is 5.89. The Morgan fingerprint density at radius 2 is 1.90 bits per heavy atom. The van der Waals surface area contributed by atoms with Crippen molar-refractivity contribution in [3.63, 3.8) is 0 Å². The van der Waals surface area contributed by atoms with E-state index in [9.17, 15) is 9.59 Å². The summed E-state index contributed by atoms with van der Waals surface area (Å²) in [5, 5.41) is 12.0. The van der Waals surface area contributed by atoms with Gasteiger partial charge in [0, 0.05) is 12.5 Å². The molecule has 1 aromatic rings. The van der Waals surface area contributed by atoms with Crippen LogP contribution in [0.4, 0.5) is 0 Å². The molecule has 2 N–H and O–H groups in total. The number of benzene rings is 1. The first kappa shape index (κ1) is 13.2. The molecule has 20 heavy (non-hydrogen) atoms. The van der Waals surface area contributed by atoms with Crippen molar-refractivity contribution in [2.24, 2.45) is 17.8 Å². The van der Waals surface area contributed by atoms with Crippen LogP contribution in [0.5, 0.6) is 0 Å². The Bertz CT molecular complexity index is 530. The van der Waals surface area contributed by atoms with Crippen molar-refractivity contribution in [2.45, 2.75) is 25.7 Å². The highest BCUT2D eigenvalue weighted by Gasteiger charge is 2.56. The smallest absolute Gasteiger partial charge is 0.335 e. The van der Waals surface area contributed by atoms with Crippen molar-refractivity contribution in [1.82, 2.24) is 5.32 Å². The molecule has 0 radical (unpaired) electrons. The summed E-state index contributed by atoms with van der Waals surface area (Å²) in [4.78, 5) is 23.1. The van der Waals surface area contributed by atoms with E-state index in [1.807, 2.05) is 12.1 Å². The number of carbonyl (C=O) groups excluding carboxylic acids is 1. The van der Waals surface area contributed by atoms with Gasteiger partial charge in [-0.15, -0.1) is 0 Å². The van der Waals surface area contributed by atoms with E-state index in [1.54, 1.807) is 12.1 Å². The molecule has 2 atom stereocenters. The number of rotatable bonds is 5. The third kappa shape index (κ3) is 2.42. The van der Waals surface area contributed by atoms with Gasteiger partial charge in [0.15, 0.2) is 0 Å². The molecule has 4 nitrogen and oxygen atoms in total. The van der Waals surface area contributed by atoms with Gasteiger partial charge < -0.3 is 10.4 Å². The van der Waals surface area contributed by atoms with Crippen LogP contribution in [0.15, 0.2) is 24.3 Å². The molecular weight excluding hydrogens is 254 g/mol. The molecule has 0 spiro atoms. The van der Waals surface area contributed by atoms with E-state index >= 15 is 0 Å². The maximum atomic E-state index is 12.0. The predicted octanol–water partition coefficient (Wildman–Crippen LogP) is 2.09. The van der Waals surface area contributed by atoms with Crippen LogP contribution in [0.25, 0.3) is 0 Å². The van der Waals surface area contributed by atoms with E-state index in [4.69, 9.17) is 5.11 Å². The van der Waals surface area contributed by atoms with Gasteiger partial charge in [0.1, 0.15) is 0 Å². The molecule has 2 aliphatic carbocycles. The molecule has 4 heteroatoms. The quantitative estimate of drug-likeness (QED) is 0.863. The number of hydrogen-bond acceptors (Lipinski definition) is 2. The standard InChI is InChI=1S/C16H19NO3/c18-15(14-12-6-3-7-13(12)14)17-9-8-10-4-1-2-5-11(10)16(19)20/h1-2,4-5,12-14H,3,6-9H2,(H,17,18)(H,19,20). The number of carboxylic acids is 1. The van der Waals surface area contributed by atoms with E-state index < -0.39 is 5.97 Å². The van der Waals surface area contributed by atoms with Gasteiger partial charge in [-0.25, -0.2) is 4.79 Å². The van der Waals surface area contributed by atoms with Gasteiger partial charge in [0.2, 0.25) is 5.91 Å². The second kappa shape index (κ2) is 5.27. The monoisotopic (exact) mass is 273 g/mol. The van der Waals surface area contributed by atoms with E-state index in [-0.39, 0.29) is 11.8 Å². The zero-order valence-corrected chi connectivity index (χ0v) is 11.3. The largest absolute Gasteiger partial charge is 0.478 e. The van der Waals surface area contributed by atoms with Crippen LogP contribution in [0.1, 0.15) is 35.2 Å². The highest BCUT2D eigenvalue weighted by Crippen LogP contribution is 2.57. The summed E-state index contributed by atoms with van der Waals surface area (Å²) < 4.78 is 0. The van der Waals surface area contributed by atoms with E-state index in [0.29, 0.717) is 30.4 Å². The van der Waals surface area contributed by atoms with Crippen LogP contribution in [-0.4, -0.2) is 23.5 Å². The van der Waals surface area contributed by atoms with Crippen molar-refractivity contribution < 1.29 is 14.7 Å². The SMILES string of the molecule is O=C(O)c1ccccc1CCNC(=O)C1C2CCCC21. The Morgan fingerprint density at radius 3 is 2.60 bits per heavy atom. The number of hydrogen-bond donors (Lipinski definition) is 2. The molecule has 0 saturated heterocycles. The summed E-state index contributed by atoms with van der Waals surface area (Å²) in [6.45, 7) is 0.513. The topological polar surface area (TPSA) is 66.4 Å². The van der Waals surface area contributed by atoms with Crippen LogP contribution < -0.4 is 5.32 Å². The molecule has 2 saturated carbocycles. The van der Waals surface area contributed by atoms with Gasteiger partial charge in [-0.3, -0.25) is 4.79 Å². The number of carboxylic acid groups (broad SMARTS) is 1. The minimum absolute atomic E-state index is 0.160. The van der Waals surface area contributed by atoms with Crippen LogP contribution >= 0.6 is 0 Å². The number of fused-ring (bicyclic) bond motifs is 1. The fraction of sp³-hybridized carbons (Fsp3) is 0.500. The van der Waals surface area contributed by atoms with Gasteiger partial charge in [-0.1, -0.05) is 24.6 Å². The van der Waals surface area contributed by atoms with E-state index in [2.05, 4.69) is 5.32 Å².